The second-order valence-electron chi connectivity index (χ2n) is 10.8. The van der Waals surface area contributed by atoms with Crippen LogP contribution < -0.4 is 15.0 Å². The van der Waals surface area contributed by atoms with Crippen molar-refractivity contribution >= 4 is 38.8 Å². The first-order chi connectivity index (χ1) is 22.6. The maximum atomic E-state index is 14.0. The number of hydrogen-bond acceptors (Lipinski definition) is 8. The molecule has 2 N–H and O–H groups in total. The molecular weight excluding hydrogens is 665 g/mol. The lowest BCUT2D eigenvalue weighted by Gasteiger charge is -2.40. The van der Waals surface area contributed by atoms with Crippen LogP contribution in [0.5, 0.6) is 5.75 Å². The number of sulfonamides is 1. The van der Waals surface area contributed by atoms with Crippen LogP contribution in [0.3, 0.4) is 0 Å². The fraction of sp³-hybridized carbons (Fsp3) is 0.290. The number of amides is 1. The molecule has 17 heteroatoms. The van der Waals surface area contributed by atoms with Crippen molar-refractivity contribution < 1.29 is 49.8 Å². The van der Waals surface area contributed by atoms with Crippen molar-refractivity contribution in [3.8, 4) is 5.75 Å². The van der Waals surface area contributed by atoms with Gasteiger partial charge in [0.25, 0.3) is 5.92 Å². The topological polar surface area (TPSA) is 142 Å². The van der Waals surface area contributed by atoms with Crippen molar-refractivity contribution in [2.45, 2.75) is 43.1 Å². The fourth-order valence-corrected chi connectivity index (χ4v) is 6.66. The Labute approximate surface area is 271 Å². The van der Waals surface area contributed by atoms with Crippen LogP contribution in [-0.4, -0.2) is 71.7 Å². The lowest BCUT2D eigenvalue weighted by atomic mass is 10.0. The van der Waals surface area contributed by atoms with Crippen LogP contribution in [0, 0.1) is 0 Å². The molecule has 0 unspecified atom stereocenters. The van der Waals surface area contributed by atoms with Gasteiger partial charge in [-0.25, -0.2) is 27.0 Å². The van der Waals surface area contributed by atoms with Crippen molar-refractivity contribution in [3.05, 3.63) is 89.6 Å². The molecule has 1 amide bonds. The van der Waals surface area contributed by atoms with Crippen LogP contribution in [0.25, 0.3) is 11.0 Å². The van der Waals surface area contributed by atoms with Gasteiger partial charge in [0.05, 0.1) is 27.7 Å². The lowest BCUT2D eigenvalue weighted by molar-refractivity contribution is -0.274. The van der Waals surface area contributed by atoms with Crippen LogP contribution in [0.4, 0.5) is 27.8 Å². The molecule has 48 heavy (non-hydrogen) atoms. The Morgan fingerprint density at radius 2 is 1.67 bits per heavy atom. The summed E-state index contributed by atoms with van der Waals surface area (Å²) in [6.45, 7) is 0.824. The van der Waals surface area contributed by atoms with E-state index in [1.807, 2.05) is 0 Å². The number of carbonyl (C=O) groups excluding carboxylic acids is 1. The molecule has 0 spiro atoms. The zero-order chi connectivity index (χ0) is 34.9. The Hall–Kier alpha value is -4.90. The second kappa shape index (κ2) is 13.3. The first kappa shape index (κ1) is 34.4. The van der Waals surface area contributed by atoms with Gasteiger partial charge in [-0.2, -0.15) is 4.31 Å². The number of piperazine rings is 1. The Kier molecular flexibility index (Phi) is 9.55. The summed E-state index contributed by atoms with van der Waals surface area (Å²) in [4.78, 5) is 35.0. The minimum Gasteiger partial charge on any atom is -0.478 e. The molecular formula is C31H28F5N5O6S. The summed E-state index contributed by atoms with van der Waals surface area (Å²) in [6, 6.07) is 11.7. The quantitative estimate of drug-likeness (QED) is 0.221. The molecule has 254 valence electrons. The Morgan fingerprint density at radius 3 is 2.29 bits per heavy atom. The molecule has 2 heterocycles. The summed E-state index contributed by atoms with van der Waals surface area (Å²) in [7, 11) is -4.44. The van der Waals surface area contributed by atoms with E-state index in [2.05, 4.69) is 20.0 Å². The van der Waals surface area contributed by atoms with Crippen LogP contribution in [0.15, 0.2) is 77.8 Å². The minimum atomic E-state index is -4.98. The van der Waals surface area contributed by atoms with E-state index in [0.717, 1.165) is 28.6 Å². The van der Waals surface area contributed by atoms with E-state index in [0.29, 0.717) is 16.6 Å². The highest BCUT2D eigenvalue weighted by Gasteiger charge is 2.41. The molecule has 4 aromatic rings. The highest BCUT2D eigenvalue weighted by Crippen LogP contribution is 2.32. The van der Waals surface area contributed by atoms with E-state index >= 15 is 0 Å². The van der Waals surface area contributed by atoms with Gasteiger partial charge in [-0.1, -0.05) is 31.2 Å². The Balaban J connectivity index is 1.41. The largest absolute Gasteiger partial charge is 0.573 e. The number of hydrogen-bond donors (Lipinski definition) is 2. The second-order valence-corrected chi connectivity index (χ2v) is 12.7. The molecule has 3 aromatic carbocycles. The molecule has 1 atom stereocenters. The number of carboxylic acids is 1. The average Bonchev–Trinajstić information content (AvgIpc) is 3.06. The number of alkyl halides is 5. The summed E-state index contributed by atoms with van der Waals surface area (Å²) < 4.78 is 98.3. The fourth-order valence-electron chi connectivity index (χ4n) is 5.09. The van der Waals surface area contributed by atoms with Crippen molar-refractivity contribution in [3.63, 3.8) is 0 Å². The molecule has 1 aromatic heterocycles. The molecule has 11 nitrogen and oxygen atoms in total. The van der Waals surface area contributed by atoms with E-state index in [1.165, 1.54) is 55.6 Å². The third kappa shape index (κ3) is 7.62. The number of rotatable bonds is 10. The van der Waals surface area contributed by atoms with Crippen molar-refractivity contribution in [1.82, 2.24) is 19.6 Å². The third-order valence-electron chi connectivity index (χ3n) is 7.69. The van der Waals surface area contributed by atoms with Crippen LogP contribution >= 0.6 is 0 Å². The number of halogens is 5. The number of benzene rings is 3. The third-order valence-corrected chi connectivity index (χ3v) is 9.61. The monoisotopic (exact) mass is 693 g/mol. The molecule has 0 aliphatic carbocycles. The average molecular weight is 694 g/mol. The van der Waals surface area contributed by atoms with Gasteiger partial charge >= 0.3 is 12.3 Å². The predicted molar refractivity (Wildman–Crippen MR) is 162 cm³/mol. The van der Waals surface area contributed by atoms with Gasteiger partial charge in [-0.05, 0) is 48.0 Å². The van der Waals surface area contributed by atoms with Gasteiger partial charge in [-0.3, -0.25) is 9.78 Å². The van der Waals surface area contributed by atoms with Gasteiger partial charge < -0.3 is 20.1 Å². The van der Waals surface area contributed by atoms with E-state index < -0.39 is 52.4 Å². The van der Waals surface area contributed by atoms with Gasteiger partial charge in [0, 0.05) is 38.2 Å². The maximum Gasteiger partial charge on any atom is 0.573 e. The summed E-state index contributed by atoms with van der Waals surface area (Å²) >= 11 is 0. The summed E-state index contributed by atoms with van der Waals surface area (Å²) in [6.07, 6.45) is -4.02. The van der Waals surface area contributed by atoms with E-state index in [4.69, 9.17) is 0 Å². The zero-order valence-electron chi connectivity index (χ0n) is 25.1. The van der Waals surface area contributed by atoms with E-state index in [1.54, 1.807) is 4.90 Å². The Morgan fingerprint density at radius 1 is 0.979 bits per heavy atom. The molecule has 0 bridgehead atoms. The summed E-state index contributed by atoms with van der Waals surface area (Å²) in [5, 5.41) is 11.9. The summed E-state index contributed by atoms with van der Waals surface area (Å²) in [5.41, 5.74) is 0.943. The highest BCUT2D eigenvalue weighted by atomic mass is 32.2. The Bertz CT molecular complexity index is 1930. The lowest BCUT2D eigenvalue weighted by Crippen LogP contribution is -2.60. The normalized spacial score (nSPS) is 16.1. The number of aromatic carboxylic acids is 1. The SMILES string of the molecule is CCC(F)(F)c1ccc(CNC(=O)[C@H]2CN(c3cnc4cc(C(=O)O)ccc4n3)CCN2S(=O)(=O)c2ccc(OC(F)(F)F)cc2)cc1. The van der Waals surface area contributed by atoms with Gasteiger partial charge in [0.1, 0.15) is 17.6 Å². The first-order valence-electron chi connectivity index (χ1n) is 14.4. The van der Waals surface area contributed by atoms with Crippen LogP contribution in [0.2, 0.25) is 0 Å². The van der Waals surface area contributed by atoms with Gasteiger partial charge in [0.2, 0.25) is 15.9 Å². The molecule has 0 radical (unpaired) electrons. The molecule has 0 saturated carbocycles. The zero-order valence-corrected chi connectivity index (χ0v) is 25.9. The molecule has 1 fully saturated rings. The first-order valence-corrected chi connectivity index (χ1v) is 15.9. The number of nitrogens with zero attached hydrogens (tertiary/aromatic N) is 4. The van der Waals surface area contributed by atoms with E-state index in [9.17, 15) is 45.1 Å². The molecule has 1 aliphatic rings. The van der Waals surface area contributed by atoms with Crippen LogP contribution in [0.1, 0.15) is 34.8 Å². The summed E-state index contributed by atoms with van der Waals surface area (Å²) in [5.74, 6) is -5.26. The predicted octanol–water partition coefficient (Wildman–Crippen LogP) is 4.92. The van der Waals surface area contributed by atoms with Crippen molar-refractivity contribution in [2.75, 3.05) is 24.5 Å². The van der Waals surface area contributed by atoms with Crippen molar-refractivity contribution in [2.24, 2.45) is 0 Å². The highest BCUT2D eigenvalue weighted by molar-refractivity contribution is 7.89. The molecule has 1 aliphatic heterocycles. The smallest absolute Gasteiger partial charge is 0.478 e. The number of carbonyl (C=O) groups is 2. The number of carboxylic acid groups (broad SMARTS) is 1. The van der Waals surface area contributed by atoms with Crippen LogP contribution in [-0.2, 0) is 27.3 Å². The number of aromatic nitrogens is 2. The number of nitrogens with one attached hydrogen (secondary N) is 1. The number of ether oxygens (including phenoxy) is 1. The van der Waals surface area contributed by atoms with E-state index in [-0.39, 0.29) is 48.0 Å². The number of fused-ring (bicyclic) bond motifs is 1. The molecule has 5 rings (SSSR count). The minimum absolute atomic E-state index is 0.00632. The molecule has 1 saturated heterocycles. The standard InChI is InChI=1S/C31H28F5N5O6S/c1-2-30(32,33)21-6-3-19(4-7-21)16-38-28(42)26-18-40(27-17-37-25-15-20(29(43)44)5-12-24(25)39-27)13-14-41(26)48(45,46)23-10-8-22(9-11-23)47-31(34,35)36/h3-12,15,17,26H,2,13-14,16,18H2,1H3,(H,38,42)(H,43,44)/t26-/m1/s1. The maximum absolute atomic E-state index is 14.0. The van der Waals surface area contributed by atoms with Crippen molar-refractivity contribution in [1.29, 1.82) is 0 Å². The van der Waals surface area contributed by atoms with Gasteiger partial charge in [-0.15, -0.1) is 13.2 Å². The number of anilines is 1. The van der Waals surface area contributed by atoms with Gasteiger partial charge in [0.15, 0.2) is 0 Å².